The van der Waals surface area contributed by atoms with Crippen molar-refractivity contribution in [1.29, 1.82) is 0 Å². The van der Waals surface area contributed by atoms with E-state index in [1.807, 2.05) is 30.0 Å². The fraction of sp³-hybridized carbons (Fsp3) is 0.522. The number of nitrogens with zero attached hydrogens (tertiary/aromatic N) is 7. The largest absolute Gasteiger partial charge is 0.424 e. The zero-order valence-corrected chi connectivity index (χ0v) is 19.7. The second-order valence-electron chi connectivity index (χ2n) is 9.01. The number of rotatable bonds is 8. The third-order valence-electron chi connectivity index (χ3n) is 6.26. The molecule has 0 saturated heterocycles. The van der Waals surface area contributed by atoms with E-state index >= 15 is 0 Å². The molecule has 34 heavy (non-hydrogen) atoms. The number of anilines is 1. The molecule has 1 saturated carbocycles. The maximum Gasteiger partial charge on any atom is 0.241 e. The molecule has 0 bridgehead atoms. The van der Waals surface area contributed by atoms with Gasteiger partial charge in [-0.15, -0.1) is 15.3 Å². The summed E-state index contributed by atoms with van der Waals surface area (Å²) in [7, 11) is 1.68. The number of methoxy groups -OCH3 is 1. The molecule has 1 fully saturated rings. The molecule has 2 N–H and O–H groups in total. The normalized spacial score (nSPS) is 19.5. The molecule has 0 radical (unpaired) electrons. The van der Waals surface area contributed by atoms with E-state index in [1.54, 1.807) is 18.7 Å². The van der Waals surface area contributed by atoms with E-state index in [0.29, 0.717) is 36.8 Å². The van der Waals surface area contributed by atoms with Crippen LogP contribution in [-0.2, 0) is 11.3 Å². The predicted octanol–water partition coefficient (Wildman–Crippen LogP) is 2.80. The highest BCUT2D eigenvalue weighted by molar-refractivity contribution is 5.81. The number of aryl methyl sites for hydroxylation is 1. The lowest BCUT2D eigenvalue weighted by molar-refractivity contribution is 0.121. The van der Waals surface area contributed by atoms with Crippen LogP contribution in [0.3, 0.4) is 0 Å². The summed E-state index contributed by atoms with van der Waals surface area (Å²) in [5.41, 5.74) is 4.03. The monoisotopic (exact) mass is 466 g/mol. The molecule has 0 aromatic carbocycles. The fourth-order valence-electron chi connectivity index (χ4n) is 4.62. The second kappa shape index (κ2) is 9.51. The van der Waals surface area contributed by atoms with Crippen molar-refractivity contribution in [2.24, 2.45) is 0 Å². The van der Waals surface area contributed by atoms with Crippen LogP contribution in [-0.4, -0.2) is 65.5 Å². The number of nitrogens with one attached hydrogen (secondary N) is 1. The average molecular weight is 467 g/mol. The quantitative estimate of drug-likeness (QED) is 0.403. The van der Waals surface area contributed by atoms with Crippen LogP contribution in [0.4, 0.5) is 5.95 Å². The molecule has 4 aromatic heterocycles. The first-order chi connectivity index (χ1) is 16.5. The third-order valence-corrected chi connectivity index (χ3v) is 6.26. The van der Waals surface area contributed by atoms with Crippen LogP contribution in [0.5, 0.6) is 0 Å². The molecule has 0 unspecified atom stereocenters. The molecule has 5 rings (SSSR count). The van der Waals surface area contributed by atoms with Crippen LogP contribution in [0.25, 0.3) is 16.6 Å². The molecule has 11 heteroatoms. The van der Waals surface area contributed by atoms with Gasteiger partial charge >= 0.3 is 0 Å². The predicted molar refractivity (Wildman–Crippen MR) is 125 cm³/mol. The number of aliphatic hydroxyl groups excluding tert-OH is 1. The Morgan fingerprint density at radius 1 is 1.24 bits per heavy atom. The van der Waals surface area contributed by atoms with Gasteiger partial charge in [0.1, 0.15) is 6.54 Å². The lowest BCUT2D eigenvalue weighted by Crippen LogP contribution is -2.23. The van der Waals surface area contributed by atoms with Crippen molar-refractivity contribution >= 4 is 11.5 Å². The molecule has 11 nitrogen and oxygen atoms in total. The van der Waals surface area contributed by atoms with E-state index < -0.39 is 0 Å². The molecule has 180 valence electrons. The summed E-state index contributed by atoms with van der Waals surface area (Å²) in [6.07, 6.45) is 8.89. The van der Waals surface area contributed by atoms with E-state index in [2.05, 4.69) is 31.7 Å². The summed E-state index contributed by atoms with van der Waals surface area (Å²) in [5.74, 6) is 1.92. The number of aliphatic hydroxyl groups is 1. The van der Waals surface area contributed by atoms with Crippen LogP contribution < -0.4 is 5.32 Å². The highest BCUT2D eigenvalue weighted by Crippen LogP contribution is 2.37. The van der Waals surface area contributed by atoms with Gasteiger partial charge in [0.05, 0.1) is 30.6 Å². The van der Waals surface area contributed by atoms with Gasteiger partial charge in [-0.05, 0) is 38.7 Å². The van der Waals surface area contributed by atoms with Crippen LogP contribution in [0, 0.1) is 6.92 Å². The lowest BCUT2D eigenvalue weighted by atomic mass is 9.85. The summed E-state index contributed by atoms with van der Waals surface area (Å²) in [5, 5.41) is 30.6. The average Bonchev–Trinajstić information content (AvgIpc) is 3.53. The van der Waals surface area contributed by atoms with E-state index in [9.17, 15) is 5.11 Å². The van der Waals surface area contributed by atoms with Crippen molar-refractivity contribution in [3.63, 3.8) is 0 Å². The summed E-state index contributed by atoms with van der Waals surface area (Å²) < 4.78 is 14.5. The summed E-state index contributed by atoms with van der Waals surface area (Å²) in [4.78, 5) is 4.56. The SMILES string of the molecule is COC[C@H](C)Nc1ncc2c(-c3cnn(Cc4nnc(C)o4)c3)cc(C3CCC(O)CC3)n2n1. The van der Waals surface area contributed by atoms with E-state index in [4.69, 9.17) is 14.3 Å². The standard InChI is InChI=1S/C23H30N8O3/c1-14(13-33-3)26-23-24-10-21-19(8-20(31(21)29-23)16-4-6-18(32)7-5-16)17-9-25-30(11-17)12-22-28-27-15(2)34-22/h8-11,14,16,18,32H,4-7,12-13H2,1-3H3,(H,26,29)/t14-,16?,18?/m0/s1. The third kappa shape index (κ3) is 4.66. The van der Waals surface area contributed by atoms with Gasteiger partial charge in [-0.1, -0.05) is 0 Å². The second-order valence-corrected chi connectivity index (χ2v) is 9.01. The van der Waals surface area contributed by atoms with Crippen molar-refractivity contribution in [2.45, 2.75) is 64.1 Å². The van der Waals surface area contributed by atoms with Gasteiger partial charge in [0.25, 0.3) is 0 Å². The Balaban J connectivity index is 1.50. The maximum absolute atomic E-state index is 10.0. The van der Waals surface area contributed by atoms with Gasteiger partial charge in [-0.25, -0.2) is 9.50 Å². The van der Waals surface area contributed by atoms with E-state index in [1.165, 1.54) is 0 Å². The molecule has 1 aliphatic rings. The molecule has 4 heterocycles. The number of aromatic nitrogens is 7. The topological polar surface area (TPSA) is 128 Å². The fourth-order valence-corrected chi connectivity index (χ4v) is 4.62. The Bertz CT molecular complexity index is 1250. The Hall–Kier alpha value is -3.31. The zero-order valence-electron chi connectivity index (χ0n) is 19.7. The van der Waals surface area contributed by atoms with Gasteiger partial charge in [-0.2, -0.15) is 5.10 Å². The van der Waals surface area contributed by atoms with Crippen LogP contribution >= 0.6 is 0 Å². The summed E-state index contributed by atoms with van der Waals surface area (Å²) in [6, 6.07) is 2.27. The minimum Gasteiger partial charge on any atom is -0.424 e. The molecule has 0 spiro atoms. The van der Waals surface area contributed by atoms with Crippen LogP contribution in [0.1, 0.15) is 56.0 Å². The van der Waals surface area contributed by atoms with E-state index in [0.717, 1.165) is 48.0 Å². The highest BCUT2D eigenvalue weighted by atomic mass is 16.5. The maximum atomic E-state index is 10.0. The van der Waals surface area contributed by atoms with Gasteiger partial charge in [0.15, 0.2) is 0 Å². The Morgan fingerprint density at radius 2 is 2.06 bits per heavy atom. The lowest BCUT2D eigenvalue weighted by Gasteiger charge is -2.25. The Kier molecular flexibility index (Phi) is 6.29. The first kappa shape index (κ1) is 22.5. The van der Waals surface area contributed by atoms with E-state index in [-0.39, 0.29) is 12.1 Å². The first-order valence-corrected chi connectivity index (χ1v) is 11.6. The molecular weight excluding hydrogens is 436 g/mol. The van der Waals surface area contributed by atoms with Gasteiger partial charge < -0.3 is 19.6 Å². The Morgan fingerprint density at radius 3 is 2.79 bits per heavy atom. The summed E-state index contributed by atoms with van der Waals surface area (Å²) in [6.45, 7) is 4.76. The molecule has 0 aliphatic heterocycles. The number of hydrogen-bond donors (Lipinski definition) is 2. The highest BCUT2D eigenvalue weighted by Gasteiger charge is 2.26. The number of ether oxygens (including phenoxy) is 1. The molecule has 0 amide bonds. The first-order valence-electron chi connectivity index (χ1n) is 11.6. The van der Waals surface area contributed by atoms with Crippen molar-refractivity contribution in [3.8, 4) is 11.1 Å². The van der Waals surface area contributed by atoms with Crippen LogP contribution in [0.2, 0.25) is 0 Å². The minimum atomic E-state index is -0.213. The zero-order chi connectivity index (χ0) is 23.7. The smallest absolute Gasteiger partial charge is 0.241 e. The molecule has 4 aromatic rings. The number of fused-ring (bicyclic) bond motifs is 1. The Labute approximate surface area is 197 Å². The molecule has 1 atom stereocenters. The molecular formula is C23H30N8O3. The van der Waals surface area contributed by atoms with Gasteiger partial charge in [0.2, 0.25) is 17.7 Å². The van der Waals surface area contributed by atoms with Crippen LogP contribution in [0.15, 0.2) is 29.1 Å². The molecule has 1 aliphatic carbocycles. The summed E-state index contributed by atoms with van der Waals surface area (Å²) >= 11 is 0. The van der Waals surface area contributed by atoms with Gasteiger partial charge in [-0.3, -0.25) is 4.68 Å². The van der Waals surface area contributed by atoms with Crippen molar-refractivity contribution in [3.05, 3.63) is 42.1 Å². The van der Waals surface area contributed by atoms with Crippen molar-refractivity contribution < 1.29 is 14.3 Å². The van der Waals surface area contributed by atoms with Gasteiger partial charge in [0, 0.05) is 49.0 Å². The van der Waals surface area contributed by atoms with Crippen molar-refractivity contribution in [1.82, 2.24) is 34.6 Å². The van der Waals surface area contributed by atoms with Crippen molar-refractivity contribution in [2.75, 3.05) is 19.0 Å². The minimum absolute atomic E-state index is 0.0809. The number of hydrogen-bond acceptors (Lipinski definition) is 9.